The summed E-state index contributed by atoms with van der Waals surface area (Å²) in [5.41, 5.74) is 1.25. The van der Waals surface area contributed by atoms with Gasteiger partial charge in [0.25, 0.3) is 5.69 Å². The molecule has 1 unspecified atom stereocenters. The van der Waals surface area contributed by atoms with Crippen molar-refractivity contribution in [3.8, 4) is 0 Å². The molecule has 1 atom stereocenters. The Morgan fingerprint density at radius 2 is 2.20 bits per heavy atom. The summed E-state index contributed by atoms with van der Waals surface area (Å²) >= 11 is 5.85. The van der Waals surface area contributed by atoms with E-state index in [1.807, 2.05) is 6.92 Å². The normalized spacial score (nSPS) is 11.9. The van der Waals surface area contributed by atoms with Crippen LogP contribution < -0.4 is 5.32 Å². The van der Waals surface area contributed by atoms with Gasteiger partial charge in [-0.05, 0) is 24.5 Å². The second-order valence-electron chi connectivity index (χ2n) is 4.63. The number of carboxylic acid groups (broad SMARTS) is 1. The Morgan fingerprint density at radius 3 is 2.70 bits per heavy atom. The van der Waals surface area contributed by atoms with E-state index in [-0.39, 0.29) is 23.0 Å². The molecule has 0 bridgehead atoms. The van der Waals surface area contributed by atoms with E-state index in [1.165, 1.54) is 12.1 Å². The smallest absolute Gasteiger partial charge is 0.303 e. The molecule has 0 radical (unpaired) electrons. The van der Waals surface area contributed by atoms with Crippen molar-refractivity contribution in [2.75, 3.05) is 11.9 Å². The first-order chi connectivity index (χ1) is 9.35. The number of nitro groups is 1. The molecule has 7 heteroatoms. The molecule has 0 amide bonds. The molecule has 0 aliphatic carbocycles. The van der Waals surface area contributed by atoms with Crippen molar-refractivity contribution in [2.24, 2.45) is 5.92 Å². The second-order valence-corrected chi connectivity index (χ2v) is 5.04. The van der Waals surface area contributed by atoms with Crippen LogP contribution >= 0.6 is 11.6 Å². The van der Waals surface area contributed by atoms with Gasteiger partial charge in [0.05, 0.1) is 4.92 Å². The first kappa shape index (κ1) is 16.2. The van der Waals surface area contributed by atoms with Crippen molar-refractivity contribution >= 4 is 28.9 Å². The summed E-state index contributed by atoms with van der Waals surface area (Å²) in [6, 6.07) is 2.91. The molecule has 0 aromatic heterocycles. The fourth-order valence-electron chi connectivity index (χ4n) is 1.86. The Balaban J connectivity index is 2.80. The molecule has 0 heterocycles. The highest BCUT2D eigenvalue weighted by Crippen LogP contribution is 2.30. The van der Waals surface area contributed by atoms with Crippen LogP contribution in [0, 0.1) is 23.0 Å². The van der Waals surface area contributed by atoms with E-state index < -0.39 is 10.9 Å². The maximum Gasteiger partial charge on any atom is 0.303 e. The van der Waals surface area contributed by atoms with E-state index >= 15 is 0 Å². The van der Waals surface area contributed by atoms with E-state index in [9.17, 15) is 14.9 Å². The van der Waals surface area contributed by atoms with Crippen molar-refractivity contribution < 1.29 is 14.8 Å². The number of aliphatic carboxylic acids is 1. The van der Waals surface area contributed by atoms with Gasteiger partial charge in [-0.25, -0.2) is 0 Å². The van der Waals surface area contributed by atoms with Crippen LogP contribution in [0.4, 0.5) is 11.4 Å². The lowest BCUT2D eigenvalue weighted by atomic mass is 10.0. The minimum absolute atomic E-state index is 0.000803. The zero-order valence-corrected chi connectivity index (χ0v) is 12.1. The Kier molecular flexibility index (Phi) is 5.76. The van der Waals surface area contributed by atoms with Gasteiger partial charge in [0, 0.05) is 24.7 Å². The molecule has 1 rings (SSSR count). The van der Waals surface area contributed by atoms with Gasteiger partial charge in [0.15, 0.2) is 0 Å². The molecule has 110 valence electrons. The summed E-state index contributed by atoms with van der Waals surface area (Å²) in [6.07, 6.45) is 0.822. The fraction of sp³-hybridized carbons (Fsp3) is 0.462. The van der Waals surface area contributed by atoms with Crippen LogP contribution in [0.3, 0.4) is 0 Å². The Labute approximate surface area is 121 Å². The molecule has 0 fully saturated rings. The average molecular weight is 301 g/mol. The lowest BCUT2D eigenvalue weighted by Gasteiger charge is -2.16. The lowest BCUT2D eigenvalue weighted by molar-refractivity contribution is -0.384. The average Bonchev–Trinajstić information content (AvgIpc) is 2.36. The number of aryl methyl sites for hydroxylation is 1. The van der Waals surface area contributed by atoms with Gasteiger partial charge in [0.1, 0.15) is 5.02 Å². The fourth-order valence-corrected chi connectivity index (χ4v) is 2.09. The maximum absolute atomic E-state index is 10.8. The second kappa shape index (κ2) is 7.09. The summed E-state index contributed by atoms with van der Waals surface area (Å²) < 4.78 is 0. The standard InChI is InChI=1S/C13H17ClN2O4/c1-3-9(5-13(17)18)7-15-11-6-10(14)12(16(19)20)4-8(11)2/h4,6,9,15H,3,5,7H2,1-2H3,(H,17,18). The first-order valence-corrected chi connectivity index (χ1v) is 6.63. The molecule has 0 saturated carbocycles. The predicted molar refractivity (Wildman–Crippen MR) is 77.4 cm³/mol. The largest absolute Gasteiger partial charge is 0.481 e. The number of nitrogens with one attached hydrogen (secondary N) is 1. The summed E-state index contributed by atoms with van der Waals surface area (Å²) in [5, 5.41) is 22.7. The number of halogens is 1. The summed E-state index contributed by atoms with van der Waals surface area (Å²) in [6.45, 7) is 4.15. The third-order valence-electron chi connectivity index (χ3n) is 3.11. The minimum atomic E-state index is -0.836. The summed E-state index contributed by atoms with van der Waals surface area (Å²) in [4.78, 5) is 20.9. The highest BCUT2D eigenvalue weighted by Gasteiger charge is 2.16. The summed E-state index contributed by atoms with van der Waals surface area (Å²) in [7, 11) is 0. The maximum atomic E-state index is 10.8. The Morgan fingerprint density at radius 1 is 1.55 bits per heavy atom. The number of carbonyl (C=O) groups is 1. The molecular weight excluding hydrogens is 284 g/mol. The van der Waals surface area contributed by atoms with Crippen molar-refractivity contribution in [1.29, 1.82) is 0 Å². The van der Waals surface area contributed by atoms with Gasteiger partial charge in [-0.15, -0.1) is 0 Å². The Hall–Kier alpha value is -1.82. The van der Waals surface area contributed by atoms with E-state index in [0.717, 1.165) is 6.42 Å². The van der Waals surface area contributed by atoms with Gasteiger partial charge < -0.3 is 10.4 Å². The van der Waals surface area contributed by atoms with E-state index in [1.54, 1.807) is 6.92 Å². The van der Waals surface area contributed by atoms with Crippen LogP contribution in [0.25, 0.3) is 0 Å². The zero-order valence-electron chi connectivity index (χ0n) is 11.4. The quantitative estimate of drug-likeness (QED) is 0.594. The molecule has 0 aliphatic rings. The Bertz CT molecular complexity index is 519. The lowest BCUT2D eigenvalue weighted by Crippen LogP contribution is -2.17. The third-order valence-corrected chi connectivity index (χ3v) is 3.42. The number of nitrogens with zero attached hydrogens (tertiary/aromatic N) is 1. The van der Waals surface area contributed by atoms with Gasteiger partial charge in [-0.3, -0.25) is 14.9 Å². The van der Waals surface area contributed by atoms with Crippen molar-refractivity contribution in [3.05, 3.63) is 32.8 Å². The van der Waals surface area contributed by atoms with Crippen LogP contribution in [-0.2, 0) is 4.79 Å². The number of rotatable bonds is 7. The van der Waals surface area contributed by atoms with Gasteiger partial charge in [-0.2, -0.15) is 0 Å². The topological polar surface area (TPSA) is 92.5 Å². The van der Waals surface area contributed by atoms with Crippen LogP contribution in [0.1, 0.15) is 25.3 Å². The zero-order chi connectivity index (χ0) is 15.3. The minimum Gasteiger partial charge on any atom is -0.481 e. The summed E-state index contributed by atoms with van der Waals surface area (Å²) in [5.74, 6) is -0.835. The van der Waals surface area contributed by atoms with Crippen molar-refractivity contribution in [3.63, 3.8) is 0 Å². The third kappa shape index (κ3) is 4.38. The molecule has 0 saturated heterocycles. The highest BCUT2D eigenvalue weighted by atomic mass is 35.5. The number of carboxylic acids is 1. The predicted octanol–water partition coefficient (Wildman–Crippen LogP) is 3.47. The van der Waals surface area contributed by atoms with E-state index in [2.05, 4.69) is 5.32 Å². The molecule has 0 aliphatic heterocycles. The molecule has 0 spiro atoms. The van der Waals surface area contributed by atoms with Crippen LogP contribution in [0.5, 0.6) is 0 Å². The first-order valence-electron chi connectivity index (χ1n) is 6.25. The van der Waals surface area contributed by atoms with Crippen LogP contribution in [0.2, 0.25) is 5.02 Å². The number of benzene rings is 1. The molecule has 6 nitrogen and oxygen atoms in total. The number of anilines is 1. The molecule has 2 N–H and O–H groups in total. The van der Waals surface area contributed by atoms with Gasteiger partial charge >= 0.3 is 5.97 Å². The number of nitro benzene ring substituents is 1. The van der Waals surface area contributed by atoms with Crippen LogP contribution in [0.15, 0.2) is 12.1 Å². The molecular formula is C13H17ClN2O4. The van der Waals surface area contributed by atoms with Crippen molar-refractivity contribution in [1.82, 2.24) is 0 Å². The number of hydrogen-bond donors (Lipinski definition) is 2. The monoisotopic (exact) mass is 300 g/mol. The SMILES string of the molecule is CCC(CNc1cc(Cl)c([N+](=O)[O-])cc1C)CC(=O)O. The van der Waals surface area contributed by atoms with Gasteiger partial charge in [0.2, 0.25) is 0 Å². The highest BCUT2D eigenvalue weighted by molar-refractivity contribution is 6.33. The van der Waals surface area contributed by atoms with Crippen LogP contribution in [-0.4, -0.2) is 22.5 Å². The van der Waals surface area contributed by atoms with Gasteiger partial charge in [-0.1, -0.05) is 24.9 Å². The molecule has 20 heavy (non-hydrogen) atoms. The van der Waals surface area contributed by atoms with E-state index in [4.69, 9.17) is 16.7 Å². The molecule has 1 aromatic carbocycles. The molecule has 1 aromatic rings. The van der Waals surface area contributed by atoms with Crippen molar-refractivity contribution in [2.45, 2.75) is 26.7 Å². The van der Waals surface area contributed by atoms with E-state index in [0.29, 0.717) is 17.8 Å². The number of hydrogen-bond acceptors (Lipinski definition) is 4.